The van der Waals surface area contributed by atoms with Crippen LogP contribution in [-0.4, -0.2) is 36.4 Å². The fourth-order valence-corrected chi connectivity index (χ4v) is 6.94. The minimum atomic E-state index is -3.34. The summed E-state index contributed by atoms with van der Waals surface area (Å²) in [6.07, 6.45) is 10.2. The normalized spacial score (nSPS) is 32.0. The van der Waals surface area contributed by atoms with Crippen LogP contribution in [0, 0.1) is 23.2 Å². The number of nitrogens with zero attached hydrogens (tertiary/aromatic N) is 2. The number of nitrogens with one attached hydrogen (secondary N) is 1. The van der Waals surface area contributed by atoms with Gasteiger partial charge in [-0.15, -0.1) is 0 Å². The molecule has 4 saturated carbocycles. The maximum atomic E-state index is 12.5. The second-order valence-corrected chi connectivity index (χ2v) is 10.9. The Hall–Kier alpha value is -1.51. The van der Waals surface area contributed by atoms with Gasteiger partial charge in [-0.3, -0.25) is 15.2 Å². The van der Waals surface area contributed by atoms with Crippen molar-refractivity contribution in [2.75, 3.05) is 12.8 Å². The van der Waals surface area contributed by atoms with Gasteiger partial charge in [0.2, 0.25) is 10.0 Å². The van der Waals surface area contributed by atoms with Crippen molar-refractivity contribution >= 4 is 15.9 Å². The van der Waals surface area contributed by atoms with Crippen molar-refractivity contribution in [2.45, 2.75) is 45.1 Å². The Morgan fingerprint density at radius 1 is 1.22 bits per heavy atom. The monoisotopic (exact) mass is 392 g/mol. The predicted molar refractivity (Wildman–Crippen MR) is 102 cm³/mol. The molecule has 7 nitrogen and oxygen atoms in total. The smallest absolute Gasteiger partial charge is 0.266 e. The summed E-state index contributed by atoms with van der Waals surface area (Å²) in [5, 5.41) is 0. The summed E-state index contributed by atoms with van der Waals surface area (Å²) >= 11 is 0. The van der Waals surface area contributed by atoms with Crippen LogP contribution in [0.1, 0.15) is 54.6 Å². The zero-order valence-corrected chi connectivity index (χ0v) is 16.5. The fraction of sp³-hybridized carbons (Fsp3) is 0.684. The SMILES string of the molecule is CS(=O)(=O)N(Cc1ccc(C(=O)NN)cn1)CC12CC3CC(CC(C3)C1)C2. The molecule has 148 valence electrons. The van der Waals surface area contributed by atoms with Crippen molar-refractivity contribution in [3.8, 4) is 0 Å². The molecule has 0 aromatic carbocycles. The molecule has 4 bridgehead atoms. The standard InChI is InChI=1S/C19H28N4O3S/c1-27(25,26)23(11-17-3-2-16(10-21-17)18(24)22-20)12-19-7-13-4-14(8-19)6-15(5-13)9-19/h2-3,10,13-15H,4-9,11-12,20H2,1H3,(H,22,24). The lowest BCUT2D eigenvalue weighted by molar-refractivity contribution is -0.0607. The lowest BCUT2D eigenvalue weighted by Gasteiger charge is -2.57. The molecule has 4 fully saturated rings. The van der Waals surface area contributed by atoms with Gasteiger partial charge in [0.1, 0.15) is 0 Å². The first-order valence-corrected chi connectivity index (χ1v) is 11.5. The first kappa shape index (κ1) is 18.8. The highest BCUT2D eigenvalue weighted by Gasteiger charge is 2.51. The number of aromatic nitrogens is 1. The topological polar surface area (TPSA) is 105 Å². The van der Waals surface area contributed by atoms with Gasteiger partial charge in [0.15, 0.2) is 0 Å². The Morgan fingerprint density at radius 3 is 2.26 bits per heavy atom. The highest BCUT2D eigenvalue weighted by molar-refractivity contribution is 7.88. The van der Waals surface area contributed by atoms with E-state index in [1.807, 2.05) is 0 Å². The highest BCUT2D eigenvalue weighted by atomic mass is 32.2. The van der Waals surface area contributed by atoms with E-state index in [4.69, 9.17) is 5.84 Å². The summed E-state index contributed by atoms with van der Waals surface area (Å²) < 4.78 is 26.6. The summed E-state index contributed by atoms with van der Waals surface area (Å²) in [4.78, 5) is 15.8. The number of nitrogens with two attached hydrogens (primary N) is 1. The van der Waals surface area contributed by atoms with Crippen molar-refractivity contribution in [3.63, 3.8) is 0 Å². The summed E-state index contributed by atoms with van der Waals surface area (Å²) in [7, 11) is -3.34. The van der Waals surface area contributed by atoms with Crippen LogP contribution in [-0.2, 0) is 16.6 Å². The number of pyridine rings is 1. The average molecular weight is 393 g/mol. The Bertz CT molecular complexity index is 787. The predicted octanol–water partition coefficient (Wildman–Crippen LogP) is 1.66. The lowest BCUT2D eigenvalue weighted by Crippen LogP contribution is -2.51. The van der Waals surface area contributed by atoms with Gasteiger partial charge in [0.25, 0.3) is 5.91 Å². The number of rotatable bonds is 6. The van der Waals surface area contributed by atoms with Gasteiger partial charge in [-0.2, -0.15) is 4.31 Å². The molecule has 4 aliphatic rings. The largest absolute Gasteiger partial charge is 0.290 e. The average Bonchev–Trinajstić information content (AvgIpc) is 2.59. The van der Waals surface area contributed by atoms with Gasteiger partial charge in [-0.05, 0) is 73.8 Å². The molecule has 0 unspecified atom stereocenters. The van der Waals surface area contributed by atoms with E-state index >= 15 is 0 Å². The van der Waals surface area contributed by atoms with Crippen molar-refractivity contribution in [1.82, 2.24) is 14.7 Å². The molecule has 0 spiro atoms. The maximum Gasteiger partial charge on any atom is 0.266 e. The molecular weight excluding hydrogens is 364 g/mol. The van der Waals surface area contributed by atoms with Crippen LogP contribution in [0.3, 0.4) is 0 Å². The van der Waals surface area contributed by atoms with Crippen molar-refractivity contribution in [3.05, 3.63) is 29.6 Å². The number of carbonyl (C=O) groups excluding carboxylic acids is 1. The van der Waals surface area contributed by atoms with Crippen LogP contribution in [0.2, 0.25) is 0 Å². The van der Waals surface area contributed by atoms with Gasteiger partial charge in [0.05, 0.1) is 24.1 Å². The summed E-state index contributed by atoms with van der Waals surface area (Å²) in [6, 6.07) is 3.32. The molecule has 1 amide bonds. The van der Waals surface area contributed by atoms with Gasteiger partial charge in [0, 0.05) is 12.7 Å². The first-order chi connectivity index (χ1) is 12.8. The molecule has 1 aromatic heterocycles. The Morgan fingerprint density at radius 2 is 1.81 bits per heavy atom. The minimum Gasteiger partial charge on any atom is -0.290 e. The van der Waals surface area contributed by atoms with Crippen molar-refractivity contribution in [2.24, 2.45) is 29.0 Å². The van der Waals surface area contributed by atoms with E-state index in [0.717, 1.165) is 37.0 Å². The molecule has 0 atom stereocenters. The summed E-state index contributed by atoms with van der Waals surface area (Å²) in [5.41, 5.74) is 3.19. The third-order valence-electron chi connectivity index (χ3n) is 6.70. The number of carbonyl (C=O) groups is 1. The van der Waals surface area contributed by atoms with Crippen LogP contribution < -0.4 is 11.3 Å². The van der Waals surface area contributed by atoms with Gasteiger partial charge in [-0.1, -0.05) is 0 Å². The molecule has 1 aromatic rings. The molecule has 0 aliphatic heterocycles. The van der Waals surface area contributed by atoms with Crippen LogP contribution in [0.25, 0.3) is 0 Å². The Labute approximate surface area is 160 Å². The molecule has 1 heterocycles. The van der Waals surface area contributed by atoms with Crippen molar-refractivity contribution < 1.29 is 13.2 Å². The third kappa shape index (κ3) is 3.88. The number of hydrazine groups is 1. The molecule has 27 heavy (non-hydrogen) atoms. The third-order valence-corrected chi connectivity index (χ3v) is 7.90. The second-order valence-electron chi connectivity index (χ2n) is 8.96. The Balaban J connectivity index is 1.52. The fourth-order valence-electron chi connectivity index (χ4n) is 6.06. The maximum absolute atomic E-state index is 12.5. The van der Waals surface area contributed by atoms with Gasteiger partial charge >= 0.3 is 0 Å². The number of hydrogen-bond acceptors (Lipinski definition) is 5. The van der Waals surface area contributed by atoms with E-state index in [1.165, 1.54) is 31.7 Å². The van der Waals surface area contributed by atoms with E-state index in [1.54, 1.807) is 16.4 Å². The number of nitrogen functional groups attached to an aromatic ring is 1. The quantitative estimate of drug-likeness (QED) is 0.435. The highest BCUT2D eigenvalue weighted by Crippen LogP contribution is 2.60. The summed E-state index contributed by atoms with van der Waals surface area (Å²) in [5.74, 6) is 7.06. The van der Waals surface area contributed by atoms with Crippen LogP contribution in [0.15, 0.2) is 18.3 Å². The van der Waals surface area contributed by atoms with Gasteiger partial charge < -0.3 is 0 Å². The zero-order valence-electron chi connectivity index (χ0n) is 15.7. The number of sulfonamides is 1. The Kier molecular flexibility index (Phi) is 4.76. The van der Waals surface area contributed by atoms with E-state index in [-0.39, 0.29) is 12.0 Å². The van der Waals surface area contributed by atoms with E-state index in [0.29, 0.717) is 17.8 Å². The van der Waals surface area contributed by atoms with Crippen LogP contribution in [0.4, 0.5) is 0 Å². The molecule has 3 N–H and O–H groups in total. The van der Waals surface area contributed by atoms with E-state index < -0.39 is 15.9 Å². The van der Waals surface area contributed by atoms with Gasteiger partial charge in [-0.25, -0.2) is 14.3 Å². The molecule has 0 radical (unpaired) electrons. The first-order valence-electron chi connectivity index (χ1n) is 9.67. The second kappa shape index (κ2) is 6.83. The molecule has 4 aliphatic carbocycles. The van der Waals surface area contributed by atoms with E-state index in [2.05, 4.69) is 10.4 Å². The molecule has 5 rings (SSSR count). The van der Waals surface area contributed by atoms with Crippen LogP contribution in [0.5, 0.6) is 0 Å². The van der Waals surface area contributed by atoms with E-state index in [9.17, 15) is 13.2 Å². The summed E-state index contributed by atoms with van der Waals surface area (Å²) in [6.45, 7) is 0.827. The molecule has 8 heteroatoms. The van der Waals surface area contributed by atoms with Crippen molar-refractivity contribution in [1.29, 1.82) is 0 Å². The molecule has 0 saturated heterocycles. The number of amides is 1. The number of hydrogen-bond donors (Lipinski definition) is 2. The minimum absolute atomic E-state index is 0.136. The van der Waals surface area contributed by atoms with Crippen LogP contribution >= 0.6 is 0 Å². The lowest BCUT2D eigenvalue weighted by atomic mass is 9.49. The zero-order chi connectivity index (χ0) is 19.2. The molecular formula is C19H28N4O3S.